The number of carbonyl (C=O) groups excluding carboxylic acids is 1. The van der Waals surface area contributed by atoms with Crippen molar-refractivity contribution >= 4 is 18.3 Å². The topological polar surface area (TPSA) is 68.5 Å². The van der Waals surface area contributed by atoms with Gasteiger partial charge in [-0.1, -0.05) is 0 Å². The predicted molar refractivity (Wildman–Crippen MR) is 90.3 cm³/mol. The van der Waals surface area contributed by atoms with Crippen molar-refractivity contribution in [3.05, 3.63) is 23.9 Å². The lowest BCUT2D eigenvalue weighted by Crippen LogP contribution is -2.51. The van der Waals surface area contributed by atoms with Crippen LogP contribution in [0.2, 0.25) is 0 Å². The van der Waals surface area contributed by atoms with Gasteiger partial charge in [0.25, 0.3) is 5.91 Å². The molecule has 1 aromatic rings. The number of alkyl halides is 4. The van der Waals surface area contributed by atoms with Crippen molar-refractivity contribution < 1.29 is 27.1 Å². The molecule has 1 aliphatic heterocycles. The van der Waals surface area contributed by atoms with Crippen LogP contribution in [-0.2, 0) is 0 Å². The van der Waals surface area contributed by atoms with Crippen LogP contribution < -0.4 is 10.5 Å². The maximum Gasteiger partial charge on any atom is 0.340 e. The van der Waals surface area contributed by atoms with Crippen molar-refractivity contribution in [1.29, 1.82) is 0 Å². The van der Waals surface area contributed by atoms with Crippen LogP contribution in [0.5, 0.6) is 5.88 Å². The minimum atomic E-state index is -4.26. The molecule has 1 saturated heterocycles. The minimum absolute atomic E-state index is 0. The van der Waals surface area contributed by atoms with Gasteiger partial charge in [0, 0.05) is 30.9 Å². The molecular weight excluding hydrogens is 378 g/mol. The molecule has 0 saturated carbocycles. The van der Waals surface area contributed by atoms with Gasteiger partial charge in [0.05, 0.1) is 5.56 Å². The highest BCUT2D eigenvalue weighted by Crippen LogP contribution is 2.24. The van der Waals surface area contributed by atoms with E-state index in [1.807, 2.05) is 6.92 Å². The summed E-state index contributed by atoms with van der Waals surface area (Å²) < 4.78 is 54.4. The number of rotatable bonds is 6. The molecule has 26 heavy (non-hydrogen) atoms. The Kier molecular flexibility index (Phi) is 8.08. The molecule has 1 aliphatic rings. The summed E-state index contributed by atoms with van der Waals surface area (Å²) in [6.45, 7) is 0.947. The van der Waals surface area contributed by atoms with Gasteiger partial charge in [0.15, 0.2) is 6.61 Å². The summed E-state index contributed by atoms with van der Waals surface area (Å²) in [6, 6.07) is 2.34. The fourth-order valence-electron chi connectivity index (χ4n) is 2.75. The molecule has 10 heteroatoms. The number of ether oxygens (including phenoxy) is 1. The Morgan fingerprint density at radius 1 is 1.42 bits per heavy atom. The molecule has 1 fully saturated rings. The minimum Gasteiger partial charge on any atom is -0.471 e. The first-order valence-corrected chi connectivity index (χ1v) is 8.04. The van der Waals surface area contributed by atoms with E-state index in [-0.39, 0.29) is 41.8 Å². The van der Waals surface area contributed by atoms with E-state index in [0.717, 1.165) is 19.3 Å². The molecule has 2 atom stereocenters. The number of nitrogens with two attached hydrogens (primary N) is 1. The summed E-state index contributed by atoms with van der Waals surface area (Å²) in [5.41, 5.74) is 6.20. The lowest BCUT2D eigenvalue weighted by atomic mass is 9.96. The number of piperidine rings is 1. The Bertz CT molecular complexity index is 587. The average Bonchev–Trinajstić information content (AvgIpc) is 2.59. The number of amides is 1. The second-order valence-electron chi connectivity index (χ2n) is 6.16. The largest absolute Gasteiger partial charge is 0.471 e. The van der Waals surface area contributed by atoms with Gasteiger partial charge >= 0.3 is 12.3 Å². The molecule has 1 amide bonds. The zero-order valence-electron chi connectivity index (χ0n) is 14.2. The normalized spacial score (nSPS) is 19.0. The lowest BCUT2D eigenvalue weighted by molar-refractivity contribution is -0.148. The predicted octanol–water partition coefficient (Wildman–Crippen LogP) is 3.12. The summed E-state index contributed by atoms with van der Waals surface area (Å²) in [6.07, 6.45) is 0.0693. The summed E-state index contributed by atoms with van der Waals surface area (Å²) in [5.74, 6) is -4.76. The summed E-state index contributed by atoms with van der Waals surface area (Å²) in [5, 5.41) is 0. The molecule has 0 radical (unpaired) electrons. The van der Waals surface area contributed by atoms with Crippen LogP contribution in [0.3, 0.4) is 0 Å². The van der Waals surface area contributed by atoms with E-state index in [0.29, 0.717) is 6.54 Å². The molecule has 2 rings (SSSR count). The molecule has 2 heterocycles. The highest BCUT2D eigenvalue weighted by molar-refractivity contribution is 5.94. The van der Waals surface area contributed by atoms with Crippen molar-refractivity contribution in [3.8, 4) is 5.88 Å². The first-order chi connectivity index (χ1) is 11.7. The maximum absolute atomic E-state index is 12.8. The van der Waals surface area contributed by atoms with Gasteiger partial charge in [0.2, 0.25) is 5.88 Å². The number of likely N-dealkylation sites (tertiary alicyclic amines) is 1. The number of hydrogen-bond donors (Lipinski definition) is 1. The quantitative estimate of drug-likeness (QED) is 0.746. The van der Waals surface area contributed by atoms with Gasteiger partial charge in [-0.05, 0) is 32.3 Å². The summed E-state index contributed by atoms with van der Waals surface area (Å²) >= 11 is 0. The number of carbonyl (C=O) groups is 1. The van der Waals surface area contributed by atoms with E-state index in [9.17, 15) is 22.4 Å². The summed E-state index contributed by atoms with van der Waals surface area (Å²) in [7, 11) is 0. The van der Waals surface area contributed by atoms with Crippen LogP contribution >= 0.6 is 12.4 Å². The molecule has 0 aromatic carbocycles. The molecule has 2 unspecified atom stereocenters. The molecular formula is C16H22ClF4N3O2. The van der Waals surface area contributed by atoms with Gasteiger partial charge in [0.1, 0.15) is 0 Å². The van der Waals surface area contributed by atoms with Gasteiger partial charge in [-0.3, -0.25) is 4.79 Å². The second-order valence-corrected chi connectivity index (χ2v) is 6.16. The molecule has 2 N–H and O–H groups in total. The van der Waals surface area contributed by atoms with Crippen molar-refractivity contribution in [2.24, 2.45) is 5.73 Å². The van der Waals surface area contributed by atoms with E-state index in [4.69, 9.17) is 5.73 Å². The van der Waals surface area contributed by atoms with Crippen molar-refractivity contribution in [2.75, 3.05) is 13.2 Å². The Balaban J connectivity index is 0.00000338. The zero-order chi connectivity index (χ0) is 18.6. The third-order valence-electron chi connectivity index (χ3n) is 4.13. The number of pyridine rings is 1. The van der Waals surface area contributed by atoms with E-state index in [1.54, 1.807) is 4.90 Å². The van der Waals surface area contributed by atoms with Crippen LogP contribution in [0.25, 0.3) is 0 Å². The Morgan fingerprint density at radius 3 is 2.65 bits per heavy atom. The van der Waals surface area contributed by atoms with Crippen LogP contribution in [-0.4, -0.2) is 53.4 Å². The third kappa shape index (κ3) is 5.44. The first-order valence-electron chi connectivity index (χ1n) is 8.04. The number of hydrogen-bond acceptors (Lipinski definition) is 4. The van der Waals surface area contributed by atoms with Crippen molar-refractivity contribution in [2.45, 2.75) is 50.6 Å². The fraction of sp³-hybridized carbons (Fsp3) is 0.625. The Labute approximate surface area is 155 Å². The van der Waals surface area contributed by atoms with Gasteiger partial charge in [-0.15, -0.1) is 12.4 Å². The first kappa shape index (κ1) is 22.4. The summed E-state index contributed by atoms with van der Waals surface area (Å²) in [4.78, 5) is 18.0. The standard InChI is InChI=1S/C16H21F4N3O2.ClH/c1-10(21)12-4-2-3-7-23(12)14(24)11-5-6-13(22-8-11)25-9-16(19,20)15(17)18;/h5-6,8,10,12,15H,2-4,7,9,21H2,1H3;1H. The highest BCUT2D eigenvalue weighted by Gasteiger charge is 2.41. The number of halogens is 5. The molecule has 1 aromatic heterocycles. The monoisotopic (exact) mass is 399 g/mol. The van der Waals surface area contributed by atoms with Crippen LogP contribution in [0, 0.1) is 0 Å². The lowest BCUT2D eigenvalue weighted by Gasteiger charge is -2.38. The molecule has 0 spiro atoms. The second kappa shape index (κ2) is 9.36. The molecule has 0 bridgehead atoms. The zero-order valence-corrected chi connectivity index (χ0v) is 15.0. The van der Waals surface area contributed by atoms with E-state index in [2.05, 4.69) is 9.72 Å². The molecule has 148 valence electrons. The van der Waals surface area contributed by atoms with E-state index < -0.39 is 19.0 Å². The third-order valence-corrected chi connectivity index (χ3v) is 4.13. The molecule has 5 nitrogen and oxygen atoms in total. The van der Waals surface area contributed by atoms with Gasteiger partial charge in [-0.2, -0.15) is 8.78 Å². The van der Waals surface area contributed by atoms with Crippen LogP contribution in [0.1, 0.15) is 36.5 Å². The number of aromatic nitrogens is 1. The smallest absolute Gasteiger partial charge is 0.340 e. The van der Waals surface area contributed by atoms with E-state index >= 15 is 0 Å². The Hall–Kier alpha value is -1.61. The highest BCUT2D eigenvalue weighted by atomic mass is 35.5. The van der Waals surface area contributed by atoms with Crippen LogP contribution in [0.4, 0.5) is 17.6 Å². The molecule has 0 aliphatic carbocycles. The van der Waals surface area contributed by atoms with Crippen molar-refractivity contribution in [1.82, 2.24) is 9.88 Å². The average molecular weight is 400 g/mol. The number of nitrogens with zero attached hydrogens (tertiary/aromatic N) is 2. The van der Waals surface area contributed by atoms with Gasteiger partial charge < -0.3 is 15.4 Å². The Morgan fingerprint density at radius 2 is 2.12 bits per heavy atom. The maximum atomic E-state index is 12.8. The SMILES string of the molecule is CC(N)C1CCCCN1C(=O)c1ccc(OCC(F)(F)C(F)F)nc1.Cl. The van der Waals surface area contributed by atoms with Crippen molar-refractivity contribution in [3.63, 3.8) is 0 Å². The fourth-order valence-corrected chi connectivity index (χ4v) is 2.75. The van der Waals surface area contributed by atoms with E-state index in [1.165, 1.54) is 18.3 Å². The van der Waals surface area contributed by atoms with Crippen LogP contribution in [0.15, 0.2) is 18.3 Å². The van der Waals surface area contributed by atoms with Gasteiger partial charge in [-0.25, -0.2) is 13.8 Å².